The molecular weight excluding hydrogens is 801 g/mol. The van der Waals surface area contributed by atoms with Crippen molar-refractivity contribution in [2.45, 2.75) is 52.9 Å². The van der Waals surface area contributed by atoms with Crippen molar-refractivity contribution in [1.82, 2.24) is 0 Å². The maximum Gasteiger partial charge on any atom is 0.0464 e. The summed E-state index contributed by atoms with van der Waals surface area (Å²) in [6, 6.07) is 55.5. The molecule has 2 atom stereocenters. The quantitative estimate of drug-likeness (QED) is 0.114. The van der Waals surface area contributed by atoms with Gasteiger partial charge in [-0.1, -0.05) is 109 Å². The number of para-hydroxylation sites is 1. The van der Waals surface area contributed by atoms with Gasteiger partial charge >= 0.3 is 0 Å². The Bertz CT molecular complexity index is 2940. The van der Waals surface area contributed by atoms with Crippen LogP contribution < -0.4 is 19.6 Å². The fraction of sp³-hybridized carbons (Fsp3) is 0.161. The van der Waals surface area contributed by atoms with Crippen molar-refractivity contribution in [2.75, 3.05) is 19.6 Å². The van der Waals surface area contributed by atoms with E-state index in [2.05, 4.69) is 265 Å². The Morgan fingerprint density at radius 2 is 0.955 bits per heavy atom. The first kappa shape index (κ1) is 42.4. The maximum absolute atomic E-state index is 2.51. The van der Waals surface area contributed by atoms with Gasteiger partial charge in [0.1, 0.15) is 0 Å². The molecule has 0 N–H and O–H groups in total. The molecule has 6 aromatic rings. The molecule has 2 unspecified atom stereocenters. The smallest absolute Gasteiger partial charge is 0.0464 e. The first-order chi connectivity index (χ1) is 32.5. The summed E-state index contributed by atoms with van der Waals surface area (Å²) in [5, 5.41) is 0. The third kappa shape index (κ3) is 9.32. The fourth-order valence-corrected chi connectivity index (χ4v) is 9.65. The molecule has 66 heavy (non-hydrogen) atoms. The predicted octanol–water partition coefficient (Wildman–Crippen LogP) is 16.9. The largest absolute Gasteiger partial charge is 0.314 e. The zero-order chi connectivity index (χ0) is 44.8. The topological polar surface area (TPSA) is 13.0 Å². The van der Waals surface area contributed by atoms with E-state index in [1.807, 2.05) is 0 Å². The van der Waals surface area contributed by atoms with Crippen molar-refractivity contribution in [3.8, 4) is 0 Å². The number of allylic oxidation sites excluding steroid dienone is 13. The van der Waals surface area contributed by atoms with E-state index in [1.54, 1.807) is 0 Å². The number of aryl methyl sites for hydroxylation is 3. The van der Waals surface area contributed by atoms with Crippen LogP contribution in [0.4, 0.5) is 45.5 Å². The molecule has 4 aliphatic carbocycles. The highest BCUT2D eigenvalue weighted by atomic mass is 15.2. The highest BCUT2D eigenvalue weighted by molar-refractivity contribution is 5.80. The number of rotatable bonds is 12. The van der Waals surface area contributed by atoms with Gasteiger partial charge in [0.05, 0.1) is 0 Å². The first-order valence-corrected chi connectivity index (χ1v) is 23.6. The molecule has 1 fully saturated rings. The Morgan fingerprint density at radius 3 is 1.59 bits per heavy atom. The molecule has 0 aromatic heterocycles. The molecule has 0 amide bonds. The minimum atomic E-state index is 0.547. The molecule has 1 saturated carbocycles. The second kappa shape index (κ2) is 19.3. The lowest BCUT2D eigenvalue weighted by atomic mass is 10.1. The van der Waals surface area contributed by atoms with E-state index in [0.717, 1.165) is 59.8 Å². The van der Waals surface area contributed by atoms with Crippen molar-refractivity contribution in [3.05, 3.63) is 264 Å². The van der Waals surface area contributed by atoms with Crippen LogP contribution in [0, 0.1) is 32.6 Å². The molecule has 0 aliphatic heterocycles. The van der Waals surface area contributed by atoms with E-state index in [4.69, 9.17) is 0 Å². The predicted molar refractivity (Wildman–Crippen MR) is 280 cm³/mol. The number of benzene rings is 6. The number of fused-ring (bicyclic) bond motifs is 1. The summed E-state index contributed by atoms with van der Waals surface area (Å²) < 4.78 is 0. The molecule has 0 radical (unpaired) electrons. The van der Waals surface area contributed by atoms with Crippen LogP contribution in [0.25, 0.3) is 0 Å². The summed E-state index contributed by atoms with van der Waals surface area (Å²) in [6.07, 6.45) is 32.4. The molecule has 4 aliphatic rings. The van der Waals surface area contributed by atoms with Gasteiger partial charge < -0.3 is 19.6 Å². The Kier molecular flexibility index (Phi) is 12.4. The standard InChI is InChI=1S/C62H58N4/c1-46-18-13-30-58(42-46)64(50-22-7-4-5-8-23-50)53-28-16-26-52(27-17-29-53)63(54-34-36-56(37-35-54)65(51-24-9-6-10-25-51)59-31-14-19-47(2)43-59)55-38-40-57(41-39-55)66(60-32-15-20-48(3)44-60)62-33-12-11-21-49-45-61(49)62/h4,6-11,13-16,18-27,29-44,49,61H,5,12,17,28,45H2,1-3H3/b26-16-,52-27+,53-29+. The van der Waals surface area contributed by atoms with Crippen LogP contribution in [0.15, 0.2) is 247 Å². The second-order valence-corrected chi connectivity index (χ2v) is 17.9. The molecule has 6 aromatic carbocycles. The van der Waals surface area contributed by atoms with Gasteiger partial charge in [-0.2, -0.15) is 0 Å². The lowest BCUT2D eigenvalue weighted by Crippen LogP contribution is -2.22. The van der Waals surface area contributed by atoms with Gasteiger partial charge in [0.15, 0.2) is 0 Å². The Morgan fingerprint density at radius 1 is 0.409 bits per heavy atom. The third-order valence-electron chi connectivity index (χ3n) is 12.9. The normalized spacial score (nSPS) is 19.5. The minimum absolute atomic E-state index is 0.547. The van der Waals surface area contributed by atoms with Gasteiger partial charge in [-0.15, -0.1) is 0 Å². The van der Waals surface area contributed by atoms with Gasteiger partial charge in [-0.05, 0) is 184 Å². The molecule has 10 rings (SSSR count). The van der Waals surface area contributed by atoms with Crippen LogP contribution in [-0.2, 0) is 0 Å². The van der Waals surface area contributed by atoms with Gasteiger partial charge in [-0.25, -0.2) is 0 Å². The number of nitrogens with zero attached hydrogens (tertiary/aromatic N) is 4. The van der Waals surface area contributed by atoms with Crippen molar-refractivity contribution in [2.24, 2.45) is 11.8 Å². The highest BCUT2D eigenvalue weighted by Crippen LogP contribution is 2.51. The van der Waals surface area contributed by atoms with Gasteiger partial charge in [0.2, 0.25) is 0 Å². The van der Waals surface area contributed by atoms with Crippen molar-refractivity contribution in [3.63, 3.8) is 0 Å². The van der Waals surface area contributed by atoms with Gasteiger partial charge in [-0.3, -0.25) is 0 Å². The zero-order valence-corrected chi connectivity index (χ0v) is 38.3. The summed E-state index contributed by atoms with van der Waals surface area (Å²) >= 11 is 0. The average Bonchev–Trinajstić information content (AvgIpc) is 4.16. The summed E-state index contributed by atoms with van der Waals surface area (Å²) in [6.45, 7) is 6.52. The van der Waals surface area contributed by atoms with Crippen LogP contribution in [0.5, 0.6) is 0 Å². The zero-order valence-electron chi connectivity index (χ0n) is 38.3. The summed E-state index contributed by atoms with van der Waals surface area (Å²) in [7, 11) is 0. The van der Waals surface area contributed by atoms with E-state index in [-0.39, 0.29) is 0 Å². The van der Waals surface area contributed by atoms with Crippen LogP contribution >= 0.6 is 0 Å². The van der Waals surface area contributed by atoms with E-state index >= 15 is 0 Å². The van der Waals surface area contributed by atoms with E-state index in [9.17, 15) is 0 Å². The van der Waals surface area contributed by atoms with E-state index in [1.165, 1.54) is 57.3 Å². The summed E-state index contributed by atoms with van der Waals surface area (Å²) in [5.74, 6) is 1.17. The molecule has 0 heterocycles. The molecular formula is C62H58N4. The summed E-state index contributed by atoms with van der Waals surface area (Å²) in [4.78, 5) is 9.69. The first-order valence-electron chi connectivity index (χ1n) is 23.6. The Balaban J connectivity index is 1.04. The maximum atomic E-state index is 2.51. The monoisotopic (exact) mass is 858 g/mol. The molecule has 4 heteroatoms. The highest BCUT2D eigenvalue weighted by Gasteiger charge is 2.41. The second-order valence-electron chi connectivity index (χ2n) is 17.9. The molecule has 0 saturated heterocycles. The van der Waals surface area contributed by atoms with Crippen LogP contribution in [-0.4, -0.2) is 0 Å². The number of anilines is 8. The average molecular weight is 859 g/mol. The number of hydrogen-bond donors (Lipinski definition) is 0. The Labute approximate surface area is 392 Å². The molecule has 0 spiro atoms. The molecule has 4 nitrogen and oxygen atoms in total. The van der Waals surface area contributed by atoms with Crippen molar-refractivity contribution >= 4 is 45.5 Å². The van der Waals surface area contributed by atoms with Gasteiger partial charge in [0, 0.05) is 80.6 Å². The van der Waals surface area contributed by atoms with Gasteiger partial charge in [0.25, 0.3) is 0 Å². The molecule has 0 bridgehead atoms. The lowest BCUT2D eigenvalue weighted by molar-refractivity contribution is 0.886. The van der Waals surface area contributed by atoms with Crippen molar-refractivity contribution in [1.29, 1.82) is 0 Å². The van der Waals surface area contributed by atoms with Crippen molar-refractivity contribution < 1.29 is 0 Å². The lowest BCUT2D eigenvalue weighted by Gasteiger charge is -2.32. The fourth-order valence-electron chi connectivity index (χ4n) is 9.65. The minimum Gasteiger partial charge on any atom is -0.314 e. The van der Waals surface area contributed by atoms with Crippen LogP contribution in [0.3, 0.4) is 0 Å². The Hall–Kier alpha value is -7.56. The molecule has 326 valence electrons. The van der Waals surface area contributed by atoms with Crippen LogP contribution in [0.1, 0.15) is 48.8 Å². The van der Waals surface area contributed by atoms with Crippen LogP contribution in [0.2, 0.25) is 0 Å². The van der Waals surface area contributed by atoms with E-state index in [0.29, 0.717) is 11.8 Å². The number of hydrogen-bond acceptors (Lipinski definition) is 4. The summed E-state index contributed by atoms with van der Waals surface area (Å²) in [5.41, 5.74) is 17.8. The SMILES string of the molecule is Cc1cccc(N(C2=CC=CCC=C2)/C2=C/C/C=C(N(c3ccc(N(C4=CCC=CC5CC45)c4cccc(C)c4)cc3)c3ccc(N(c4ccccc4)c4cccc(C)c4)cc3)\C=C/C2)c1. The van der Waals surface area contributed by atoms with E-state index < -0.39 is 0 Å². The third-order valence-corrected chi connectivity index (χ3v) is 12.9.